The average Bonchev–Trinajstić information content (AvgIpc) is 3.22. The molecule has 1 saturated heterocycles. The van der Waals surface area contributed by atoms with Crippen LogP contribution in [0.2, 0.25) is 0 Å². The lowest BCUT2D eigenvalue weighted by Crippen LogP contribution is -2.45. The molecule has 0 unspecified atom stereocenters. The van der Waals surface area contributed by atoms with E-state index in [0.29, 0.717) is 30.3 Å². The second kappa shape index (κ2) is 10.2. The largest absolute Gasteiger partial charge is 0.497 e. The number of amides is 2. The van der Waals surface area contributed by atoms with E-state index in [-0.39, 0.29) is 41.9 Å². The summed E-state index contributed by atoms with van der Waals surface area (Å²) in [5, 5.41) is 5.62. The Balaban J connectivity index is 1.64. The summed E-state index contributed by atoms with van der Waals surface area (Å²) in [5.74, 6) is 0.448. The number of methoxy groups -OCH3 is 1. The number of hydrogen-bond acceptors (Lipinski definition) is 6. The molecule has 186 valence electrons. The first-order valence-electron chi connectivity index (χ1n) is 11.8. The summed E-state index contributed by atoms with van der Waals surface area (Å²) < 4.78 is 29.2. The minimum absolute atomic E-state index is 0.0323. The van der Waals surface area contributed by atoms with E-state index in [1.165, 1.54) is 10.6 Å². The summed E-state index contributed by atoms with van der Waals surface area (Å²) in [5.41, 5.74) is 3.11. The number of carbonyl (C=O) groups is 2. The van der Waals surface area contributed by atoms with Crippen molar-refractivity contribution in [3.8, 4) is 5.75 Å². The zero-order valence-corrected chi connectivity index (χ0v) is 21.1. The van der Waals surface area contributed by atoms with Crippen molar-refractivity contribution in [3.63, 3.8) is 0 Å². The van der Waals surface area contributed by atoms with Gasteiger partial charge in [-0.25, -0.2) is 13.4 Å². The molecule has 35 heavy (non-hydrogen) atoms. The van der Waals surface area contributed by atoms with Crippen molar-refractivity contribution in [2.75, 3.05) is 23.5 Å². The number of ether oxygens (including phenoxy) is 1. The van der Waals surface area contributed by atoms with E-state index < -0.39 is 15.9 Å². The molecule has 0 N–H and O–H groups in total. The van der Waals surface area contributed by atoms with Gasteiger partial charge in [0.1, 0.15) is 11.5 Å². The standard InChI is InChI=1S/C26H31N3O5S/c1-18(2)20-6-4-19(5-7-20)16-28(21-8-10-23(34-3)11-9-21)26(31)24-12-13-25(30)29(27-24)22-14-15-35(32,33)17-22/h4-11,18,22H,12-17H2,1-3H3/t22-/m1/s1. The fourth-order valence-corrected chi connectivity index (χ4v) is 6.06. The van der Waals surface area contributed by atoms with Crippen LogP contribution in [0.25, 0.3) is 0 Å². The van der Waals surface area contributed by atoms with Crippen molar-refractivity contribution in [1.29, 1.82) is 0 Å². The van der Waals surface area contributed by atoms with Gasteiger partial charge in [0.2, 0.25) is 5.91 Å². The fourth-order valence-electron chi connectivity index (χ4n) is 4.37. The molecule has 0 aromatic heterocycles. The van der Waals surface area contributed by atoms with Crippen LogP contribution in [0.5, 0.6) is 5.75 Å². The Morgan fingerprint density at radius 1 is 1.11 bits per heavy atom. The highest BCUT2D eigenvalue weighted by Crippen LogP contribution is 2.26. The summed E-state index contributed by atoms with van der Waals surface area (Å²) in [4.78, 5) is 27.9. The average molecular weight is 498 g/mol. The summed E-state index contributed by atoms with van der Waals surface area (Å²) in [6, 6.07) is 14.9. The second-order valence-corrected chi connectivity index (χ2v) is 11.6. The number of carbonyl (C=O) groups excluding carboxylic acids is 2. The Morgan fingerprint density at radius 2 is 1.80 bits per heavy atom. The minimum Gasteiger partial charge on any atom is -0.497 e. The van der Waals surface area contributed by atoms with Crippen LogP contribution >= 0.6 is 0 Å². The van der Waals surface area contributed by atoms with Gasteiger partial charge in [0.25, 0.3) is 5.91 Å². The van der Waals surface area contributed by atoms with Crippen molar-refractivity contribution >= 4 is 33.1 Å². The first kappa shape index (κ1) is 24.9. The van der Waals surface area contributed by atoms with Gasteiger partial charge in [0.05, 0.1) is 31.2 Å². The van der Waals surface area contributed by atoms with Gasteiger partial charge in [-0.1, -0.05) is 38.1 Å². The van der Waals surface area contributed by atoms with Crippen LogP contribution < -0.4 is 9.64 Å². The van der Waals surface area contributed by atoms with Gasteiger partial charge in [0.15, 0.2) is 9.84 Å². The van der Waals surface area contributed by atoms with Gasteiger partial charge < -0.3 is 9.64 Å². The Morgan fingerprint density at radius 3 is 2.37 bits per heavy atom. The third-order valence-corrected chi connectivity index (χ3v) is 8.23. The maximum absolute atomic E-state index is 13.7. The quantitative estimate of drug-likeness (QED) is 0.583. The molecule has 0 spiro atoms. The van der Waals surface area contributed by atoms with Crippen molar-refractivity contribution in [1.82, 2.24) is 5.01 Å². The van der Waals surface area contributed by atoms with Gasteiger partial charge in [-0.2, -0.15) is 5.10 Å². The Labute approximate surface area is 206 Å². The molecular weight excluding hydrogens is 466 g/mol. The highest BCUT2D eigenvalue weighted by Gasteiger charge is 2.38. The summed E-state index contributed by atoms with van der Waals surface area (Å²) in [6.07, 6.45) is 0.677. The maximum atomic E-state index is 13.7. The number of benzene rings is 2. The molecule has 2 aromatic carbocycles. The third-order valence-electron chi connectivity index (χ3n) is 6.48. The SMILES string of the molecule is COc1ccc(N(Cc2ccc(C(C)C)cc2)C(=O)C2=NN([C@@H]3CCS(=O)(=O)C3)C(=O)CC2)cc1. The summed E-state index contributed by atoms with van der Waals surface area (Å²) in [6.45, 7) is 4.59. The number of sulfone groups is 1. The predicted molar refractivity (Wildman–Crippen MR) is 135 cm³/mol. The molecule has 2 amide bonds. The maximum Gasteiger partial charge on any atom is 0.274 e. The normalized spacial score (nSPS) is 19.5. The van der Waals surface area contributed by atoms with E-state index in [2.05, 4.69) is 31.1 Å². The molecular formula is C26H31N3O5S. The zero-order chi connectivity index (χ0) is 25.2. The number of hydrogen-bond donors (Lipinski definition) is 0. The molecule has 4 rings (SSSR count). The van der Waals surface area contributed by atoms with Crippen LogP contribution in [0.4, 0.5) is 5.69 Å². The first-order chi connectivity index (χ1) is 16.7. The molecule has 0 saturated carbocycles. The molecule has 2 aromatic rings. The van der Waals surface area contributed by atoms with Crippen LogP contribution in [0.1, 0.15) is 50.2 Å². The van der Waals surface area contributed by atoms with Crippen LogP contribution in [-0.4, -0.2) is 55.6 Å². The number of rotatable bonds is 7. The van der Waals surface area contributed by atoms with E-state index in [1.807, 2.05) is 24.3 Å². The summed E-state index contributed by atoms with van der Waals surface area (Å²) in [7, 11) is -1.61. The van der Waals surface area contributed by atoms with Gasteiger partial charge in [-0.15, -0.1) is 0 Å². The van der Waals surface area contributed by atoms with Gasteiger partial charge in [-0.05, 0) is 47.7 Å². The molecule has 0 radical (unpaired) electrons. The fraction of sp³-hybridized carbons (Fsp3) is 0.423. The van der Waals surface area contributed by atoms with Crippen LogP contribution in [0, 0.1) is 0 Å². The number of nitrogens with zero attached hydrogens (tertiary/aromatic N) is 3. The smallest absolute Gasteiger partial charge is 0.274 e. The van der Waals surface area contributed by atoms with Crippen LogP contribution in [0.15, 0.2) is 53.6 Å². The number of hydrazone groups is 1. The van der Waals surface area contributed by atoms with Gasteiger partial charge >= 0.3 is 0 Å². The molecule has 1 fully saturated rings. The van der Waals surface area contributed by atoms with Crippen LogP contribution in [-0.2, 0) is 26.0 Å². The Bertz CT molecular complexity index is 1220. The molecule has 0 bridgehead atoms. The molecule has 2 aliphatic rings. The van der Waals surface area contributed by atoms with Crippen molar-refractivity contribution in [2.45, 2.75) is 51.6 Å². The molecule has 9 heteroatoms. The highest BCUT2D eigenvalue weighted by molar-refractivity contribution is 7.91. The van der Waals surface area contributed by atoms with E-state index in [1.54, 1.807) is 24.1 Å². The van der Waals surface area contributed by atoms with Gasteiger partial charge in [-0.3, -0.25) is 9.59 Å². The molecule has 2 heterocycles. The van der Waals surface area contributed by atoms with Crippen molar-refractivity contribution in [2.24, 2.45) is 5.10 Å². The van der Waals surface area contributed by atoms with E-state index in [4.69, 9.17) is 4.74 Å². The lowest BCUT2D eigenvalue weighted by Gasteiger charge is -2.30. The Hall–Kier alpha value is -3.20. The molecule has 0 aliphatic carbocycles. The monoisotopic (exact) mass is 497 g/mol. The van der Waals surface area contributed by atoms with E-state index in [0.717, 1.165) is 5.56 Å². The summed E-state index contributed by atoms with van der Waals surface area (Å²) >= 11 is 0. The molecule has 2 aliphatic heterocycles. The topological polar surface area (TPSA) is 96.3 Å². The molecule has 1 atom stereocenters. The van der Waals surface area contributed by atoms with E-state index >= 15 is 0 Å². The van der Waals surface area contributed by atoms with Crippen molar-refractivity contribution in [3.05, 3.63) is 59.7 Å². The Kier molecular flexibility index (Phi) is 7.25. The third kappa shape index (κ3) is 5.73. The van der Waals surface area contributed by atoms with Crippen LogP contribution in [0.3, 0.4) is 0 Å². The minimum atomic E-state index is -3.19. The lowest BCUT2D eigenvalue weighted by molar-refractivity contribution is -0.133. The van der Waals surface area contributed by atoms with Crippen molar-refractivity contribution < 1.29 is 22.7 Å². The first-order valence-corrected chi connectivity index (χ1v) is 13.6. The number of anilines is 1. The van der Waals surface area contributed by atoms with Gasteiger partial charge in [0, 0.05) is 18.5 Å². The zero-order valence-electron chi connectivity index (χ0n) is 20.3. The molecule has 8 nitrogen and oxygen atoms in total. The lowest BCUT2D eigenvalue weighted by atomic mass is 10.0. The predicted octanol–water partition coefficient (Wildman–Crippen LogP) is 3.52. The second-order valence-electron chi connectivity index (χ2n) is 9.33. The highest BCUT2D eigenvalue weighted by atomic mass is 32.2. The van der Waals surface area contributed by atoms with E-state index in [9.17, 15) is 18.0 Å².